The molecule has 0 radical (unpaired) electrons. The third-order valence-corrected chi connectivity index (χ3v) is 7.27. The van der Waals surface area contributed by atoms with Gasteiger partial charge in [0, 0.05) is 12.7 Å². The second-order valence-corrected chi connectivity index (χ2v) is 9.09. The van der Waals surface area contributed by atoms with Gasteiger partial charge in [0.1, 0.15) is 25.9 Å². The van der Waals surface area contributed by atoms with Gasteiger partial charge in [-0.1, -0.05) is 0 Å². The number of nitrogens with zero attached hydrogens (tertiary/aromatic N) is 1. The fraction of sp³-hybridized carbons (Fsp3) is 0.667. The van der Waals surface area contributed by atoms with Gasteiger partial charge in [0.15, 0.2) is 11.5 Å². The van der Waals surface area contributed by atoms with Gasteiger partial charge in [0.25, 0.3) is 0 Å². The minimum Gasteiger partial charge on any atom is -0.486 e. The van der Waals surface area contributed by atoms with Crippen molar-refractivity contribution < 1.29 is 27.5 Å². The number of piperazine rings is 1. The predicted octanol–water partition coefficient (Wildman–Crippen LogP) is -0.0839. The lowest BCUT2D eigenvalue weighted by Gasteiger charge is -2.34. The molecule has 0 aliphatic carbocycles. The van der Waals surface area contributed by atoms with Crippen LogP contribution < -0.4 is 14.4 Å². The summed E-state index contributed by atoms with van der Waals surface area (Å²) in [6, 6.07) is 4.88. The zero-order valence-corrected chi connectivity index (χ0v) is 15.8. The monoisotopic (exact) mass is 383 g/mol. The quantitative estimate of drug-likeness (QED) is 0.788. The highest BCUT2D eigenvalue weighted by Crippen LogP contribution is 2.33. The Kier molecular flexibility index (Phi) is 5.35. The SMILES string of the molecule is O=S(=O)(c1ccc2c(c1)OCCO2)N1CC[NH+](C[C@H]2CCCCO2)CC1. The summed E-state index contributed by atoms with van der Waals surface area (Å²) in [5.41, 5.74) is 0. The van der Waals surface area contributed by atoms with E-state index >= 15 is 0 Å². The fourth-order valence-corrected chi connectivity index (χ4v) is 5.33. The van der Waals surface area contributed by atoms with Gasteiger partial charge in [-0.2, -0.15) is 4.31 Å². The standard InChI is InChI=1S/C18H26N2O5S/c21-26(22,16-4-5-17-18(13-16)25-12-11-24-17)20-8-6-19(7-9-20)14-15-3-1-2-10-23-15/h4-5,13,15H,1-3,6-12,14H2/p+1/t15-/m1/s1. The summed E-state index contributed by atoms with van der Waals surface area (Å²) in [6.07, 6.45) is 3.86. The molecule has 0 saturated carbocycles. The van der Waals surface area contributed by atoms with E-state index in [1.54, 1.807) is 22.5 Å². The summed E-state index contributed by atoms with van der Waals surface area (Å²) in [5, 5.41) is 0. The number of benzene rings is 1. The number of hydrogen-bond donors (Lipinski definition) is 1. The lowest BCUT2D eigenvalue weighted by Crippen LogP contribution is -3.15. The lowest BCUT2D eigenvalue weighted by atomic mass is 10.1. The zero-order valence-electron chi connectivity index (χ0n) is 15.0. The molecular weight excluding hydrogens is 356 g/mol. The molecule has 8 heteroatoms. The molecule has 3 heterocycles. The van der Waals surface area contributed by atoms with Gasteiger partial charge < -0.3 is 19.1 Å². The molecule has 0 unspecified atom stereocenters. The van der Waals surface area contributed by atoms with Crippen molar-refractivity contribution in [2.24, 2.45) is 0 Å². The molecule has 0 aromatic heterocycles. The highest BCUT2D eigenvalue weighted by atomic mass is 32.2. The summed E-state index contributed by atoms with van der Waals surface area (Å²) in [5.74, 6) is 1.12. The molecule has 0 spiro atoms. The van der Waals surface area contributed by atoms with Crippen LogP contribution in [0, 0.1) is 0 Å². The molecule has 1 aromatic rings. The van der Waals surface area contributed by atoms with Crippen LogP contribution in [-0.2, 0) is 14.8 Å². The average molecular weight is 383 g/mol. The average Bonchev–Trinajstić information content (AvgIpc) is 2.69. The van der Waals surface area contributed by atoms with Crippen molar-refractivity contribution in [2.75, 3.05) is 52.5 Å². The van der Waals surface area contributed by atoms with Crippen molar-refractivity contribution in [3.63, 3.8) is 0 Å². The first-order valence-corrected chi connectivity index (χ1v) is 10.9. The first kappa shape index (κ1) is 18.0. The van der Waals surface area contributed by atoms with Crippen LogP contribution in [0.25, 0.3) is 0 Å². The van der Waals surface area contributed by atoms with Crippen LogP contribution in [-0.4, -0.2) is 71.4 Å². The molecule has 7 nitrogen and oxygen atoms in total. The molecule has 1 aromatic carbocycles. The summed E-state index contributed by atoms with van der Waals surface area (Å²) in [7, 11) is -3.50. The van der Waals surface area contributed by atoms with E-state index in [1.807, 2.05) is 0 Å². The van der Waals surface area contributed by atoms with Gasteiger partial charge in [-0.3, -0.25) is 0 Å². The Balaban J connectivity index is 1.38. The second kappa shape index (κ2) is 7.72. The zero-order chi connectivity index (χ0) is 18.0. The largest absolute Gasteiger partial charge is 0.486 e. The first-order valence-electron chi connectivity index (χ1n) is 9.48. The Labute approximate surface area is 154 Å². The van der Waals surface area contributed by atoms with E-state index in [0.717, 1.165) is 39.1 Å². The van der Waals surface area contributed by atoms with Gasteiger partial charge in [-0.05, 0) is 31.4 Å². The van der Waals surface area contributed by atoms with Crippen molar-refractivity contribution in [1.82, 2.24) is 4.31 Å². The van der Waals surface area contributed by atoms with E-state index in [4.69, 9.17) is 14.2 Å². The maximum Gasteiger partial charge on any atom is 0.243 e. The maximum atomic E-state index is 13.0. The fourth-order valence-electron chi connectivity index (χ4n) is 3.87. The molecule has 1 atom stereocenters. The van der Waals surface area contributed by atoms with Crippen LogP contribution in [0.4, 0.5) is 0 Å². The lowest BCUT2D eigenvalue weighted by molar-refractivity contribution is -0.907. The first-order chi connectivity index (χ1) is 12.6. The molecule has 144 valence electrons. The smallest absolute Gasteiger partial charge is 0.243 e. The Bertz CT molecular complexity index is 725. The third-order valence-electron chi connectivity index (χ3n) is 5.37. The molecule has 3 aliphatic heterocycles. The minimum absolute atomic E-state index is 0.279. The molecule has 0 amide bonds. The summed E-state index contributed by atoms with van der Waals surface area (Å²) < 4.78 is 44.3. The maximum absolute atomic E-state index is 13.0. The summed E-state index contributed by atoms with van der Waals surface area (Å²) in [6.45, 7) is 5.52. The van der Waals surface area contributed by atoms with Crippen molar-refractivity contribution in [1.29, 1.82) is 0 Å². The number of rotatable bonds is 4. The van der Waals surface area contributed by atoms with E-state index in [1.165, 1.54) is 11.3 Å². The van der Waals surface area contributed by atoms with E-state index in [2.05, 4.69) is 0 Å². The van der Waals surface area contributed by atoms with Crippen LogP contribution in [0.2, 0.25) is 0 Å². The Hall–Kier alpha value is -1.35. The van der Waals surface area contributed by atoms with E-state index < -0.39 is 10.0 Å². The van der Waals surface area contributed by atoms with Crippen LogP contribution in [0.1, 0.15) is 19.3 Å². The van der Waals surface area contributed by atoms with Crippen molar-refractivity contribution in [3.8, 4) is 11.5 Å². The Morgan fingerprint density at radius 2 is 1.81 bits per heavy atom. The van der Waals surface area contributed by atoms with Gasteiger partial charge in [0.05, 0.1) is 31.1 Å². The number of nitrogens with one attached hydrogen (secondary N) is 1. The molecular formula is C18H27N2O5S+. The number of hydrogen-bond acceptors (Lipinski definition) is 5. The van der Waals surface area contributed by atoms with Crippen molar-refractivity contribution in [3.05, 3.63) is 18.2 Å². The van der Waals surface area contributed by atoms with E-state index in [0.29, 0.717) is 43.9 Å². The van der Waals surface area contributed by atoms with E-state index in [9.17, 15) is 8.42 Å². The second-order valence-electron chi connectivity index (χ2n) is 7.15. The molecule has 26 heavy (non-hydrogen) atoms. The topological polar surface area (TPSA) is 69.5 Å². The van der Waals surface area contributed by atoms with Gasteiger partial charge >= 0.3 is 0 Å². The Morgan fingerprint density at radius 1 is 1.04 bits per heavy atom. The molecule has 1 N–H and O–H groups in total. The molecule has 0 bridgehead atoms. The van der Waals surface area contributed by atoms with Crippen LogP contribution >= 0.6 is 0 Å². The summed E-state index contributed by atoms with van der Waals surface area (Å²) >= 11 is 0. The van der Waals surface area contributed by atoms with Crippen LogP contribution in [0.3, 0.4) is 0 Å². The van der Waals surface area contributed by atoms with Crippen LogP contribution in [0.5, 0.6) is 11.5 Å². The molecule has 2 fully saturated rings. The molecule has 3 aliphatic rings. The predicted molar refractivity (Wildman–Crippen MR) is 95.3 cm³/mol. The van der Waals surface area contributed by atoms with Gasteiger partial charge in [-0.25, -0.2) is 8.42 Å². The highest BCUT2D eigenvalue weighted by molar-refractivity contribution is 7.89. The number of fused-ring (bicyclic) bond motifs is 1. The van der Waals surface area contributed by atoms with E-state index in [-0.39, 0.29) is 4.90 Å². The number of ether oxygens (including phenoxy) is 3. The normalized spacial score (nSPS) is 25.2. The minimum atomic E-state index is -3.50. The van der Waals surface area contributed by atoms with Crippen molar-refractivity contribution >= 4 is 10.0 Å². The number of quaternary nitrogens is 1. The summed E-state index contributed by atoms with van der Waals surface area (Å²) in [4.78, 5) is 1.71. The molecule has 4 rings (SSSR count). The third kappa shape index (κ3) is 3.83. The Morgan fingerprint density at radius 3 is 2.54 bits per heavy atom. The van der Waals surface area contributed by atoms with Gasteiger partial charge in [-0.15, -0.1) is 0 Å². The number of sulfonamides is 1. The van der Waals surface area contributed by atoms with Crippen LogP contribution in [0.15, 0.2) is 23.1 Å². The van der Waals surface area contributed by atoms with Gasteiger partial charge in [0.2, 0.25) is 10.0 Å². The highest BCUT2D eigenvalue weighted by Gasteiger charge is 2.32. The van der Waals surface area contributed by atoms with Crippen molar-refractivity contribution in [2.45, 2.75) is 30.3 Å². The molecule has 2 saturated heterocycles.